The number of hydrogen-bond acceptors (Lipinski definition) is 11. The highest BCUT2D eigenvalue weighted by molar-refractivity contribution is 5.64. The number of aryl methyl sites for hydroxylation is 1. The number of hydrogen-bond donors (Lipinski definition) is 3. The Morgan fingerprint density at radius 2 is 1.31 bits per heavy atom. The number of rotatable bonds is 15. The highest BCUT2D eigenvalue weighted by Crippen LogP contribution is 2.32. The predicted molar refractivity (Wildman–Crippen MR) is 298 cm³/mol. The van der Waals surface area contributed by atoms with Gasteiger partial charge in [-0.15, -0.1) is 6.42 Å². The molecule has 1 unspecified atom stereocenters. The molecule has 3 aromatic rings. The Labute approximate surface area is 424 Å². The largest absolute Gasteiger partial charge is 0.493 e. The molecular weight excluding hydrogens is 853 g/mol. The number of ether oxygens (including phenoxy) is 2. The molecule has 0 radical (unpaired) electrons. The average molecular weight is 929 g/mol. The van der Waals surface area contributed by atoms with Crippen LogP contribution in [0.5, 0.6) is 11.5 Å². The van der Waals surface area contributed by atoms with Crippen LogP contribution < -0.4 is 26.2 Å². The first-order chi connectivity index (χ1) is 33.3. The van der Waals surface area contributed by atoms with Gasteiger partial charge in [0, 0.05) is 100 Å². The molecule has 0 saturated heterocycles. The minimum absolute atomic E-state index is 0. The first kappa shape index (κ1) is 55.7. The SMILES string of the molecule is C#CC#CC#CC#CC#CC#CC#CC#CC#CC#CC#CC#CC#CC.CCCC(Nc1cncc(-c2ccc(OCCN(CC)CC)c(OC)c2)n1)c1cncc(C)c1.NN=NN[N+](=O)[O-].[HH].[HH].[HH].[HH].[HH].[HH].[HH].[HH].[HH].[HH].[HH].[HH].[HH].[HH].[HH].[HH]. The molecule has 68 heavy (non-hydrogen) atoms. The summed E-state index contributed by atoms with van der Waals surface area (Å²) in [5, 5.41) is 17.1. The van der Waals surface area contributed by atoms with E-state index in [4.69, 9.17) is 20.9 Å². The summed E-state index contributed by atoms with van der Waals surface area (Å²) in [7, 11) is 1.66. The van der Waals surface area contributed by atoms with E-state index in [2.05, 4.69) is 218 Å². The van der Waals surface area contributed by atoms with Crippen molar-refractivity contribution >= 4 is 5.82 Å². The van der Waals surface area contributed by atoms with E-state index in [-0.39, 0.29) is 28.9 Å². The molecular formula is C54H76N10O4. The van der Waals surface area contributed by atoms with Gasteiger partial charge in [-0.05, 0) is 157 Å². The first-order valence-corrected chi connectivity index (χ1v) is 20.2. The fourth-order valence-electron chi connectivity index (χ4n) is 4.72. The summed E-state index contributed by atoms with van der Waals surface area (Å²) in [5.41, 5.74) is 5.35. The fourth-order valence-corrected chi connectivity index (χ4v) is 4.72. The molecule has 4 N–H and O–H groups in total. The lowest BCUT2D eigenvalue weighted by atomic mass is 10.0. The Morgan fingerprint density at radius 1 is 0.779 bits per heavy atom. The van der Waals surface area contributed by atoms with Gasteiger partial charge in [-0.1, -0.05) is 39.2 Å². The maximum atomic E-state index is 9.24. The summed E-state index contributed by atoms with van der Waals surface area (Å²) >= 11 is 0. The quantitative estimate of drug-likeness (QED) is 0.0435. The topological polar surface area (TPSA) is 178 Å². The monoisotopic (exact) mass is 929 g/mol. The van der Waals surface area contributed by atoms with Gasteiger partial charge in [0.1, 0.15) is 12.4 Å². The second kappa shape index (κ2) is 38.4. The number of nitrogens with two attached hydrogens (primary N) is 1. The van der Waals surface area contributed by atoms with Crippen molar-refractivity contribution < 1.29 is 37.3 Å². The lowest BCUT2D eigenvalue weighted by Crippen LogP contribution is -2.27. The van der Waals surface area contributed by atoms with Gasteiger partial charge in [0.25, 0.3) is 0 Å². The molecule has 0 amide bonds. The van der Waals surface area contributed by atoms with E-state index in [0.717, 1.165) is 66.4 Å². The van der Waals surface area contributed by atoms with Crippen molar-refractivity contribution in [3.8, 4) is 177 Å². The summed E-state index contributed by atoms with van der Waals surface area (Å²) in [6, 6.07) is 8.18. The van der Waals surface area contributed by atoms with Crippen LogP contribution in [0, 0.1) is 171 Å². The molecule has 0 aliphatic carbocycles. The summed E-state index contributed by atoms with van der Waals surface area (Å²) in [6.07, 6.45) is 14.3. The minimum atomic E-state index is -0.879. The normalized spacial score (nSPS) is 8.44. The standard InChI is InChI=1S/C27H37N5O2.C27H4.H3N5O2.16H2/c1-6-9-23(22-14-20(4)16-28-17-22)30-27-19-29-18-24(31-27)21-10-11-25(26(15-21)33-5)34-13-12-32(7-2)8-3;1-3-5-7-9-11-13-15-17-19-21-23-25-27-26-24-22-20-18-16-14-12-10-8-6-4-2;1-2-3-4-5(6)7;;;;;;;;;;;;;;;;/h10-11,14-19,23H,6-9,12-13H2,1-5H3,(H,30,31);1H,2H3;(H2,1,3)(H,2,4);16*1H. The number of methoxy groups -OCH3 is 1. The van der Waals surface area contributed by atoms with Gasteiger partial charge in [-0.2, -0.15) is 0 Å². The number of pyridine rings is 1. The maximum absolute atomic E-state index is 9.24. The molecule has 1 aromatic carbocycles. The van der Waals surface area contributed by atoms with Crippen molar-refractivity contribution in [2.45, 2.75) is 53.5 Å². The van der Waals surface area contributed by atoms with Crippen LogP contribution in [0.3, 0.4) is 0 Å². The van der Waals surface area contributed by atoms with Crippen LogP contribution in [-0.4, -0.2) is 58.2 Å². The van der Waals surface area contributed by atoms with Crippen LogP contribution >= 0.6 is 0 Å². The smallest absolute Gasteiger partial charge is 0.193 e. The number of nitrogens with one attached hydrogen (secondary N) is 2. The number of aromatic nitrogens is 3. The highest BCUT2D eigenvalue weighted by Gasteiger charge is 2.14. The fraction of sp³-hybridized carbons (Fsp3) is 0.241. The van der Waals surface area contributed by atoms with Gasteiger partial charge < -0.3 is 29.8 Å². The molecule has 14 heteroatoms. The molecule has 1 atom stereocenters. The Bertz CT molecular complexity index is 3100. The molecule has 2 heterocycles. The number of terminal acetylenes is 1. The number of hydrazine groups is 1. The second-order valence-corrected chi connectivity index (χ2v) is 12.2. The van der Waals surface area contributed by atoms with Crippen molar-refractivity contribution in [1.29, 1.82) is 0 Å². The van der Waals surface area contributed by atoms with E-state index >= 15 is 0 Å². The third-order valence-electron chi connectivity index (χ3n) is 7.61. The van der Waals surface area contributed by atoms with Crippen molar-refractivity contribution in [1.82, 2.24) is 25.4 Å². The van der Waals surface area contributed by atoms with Gasteiger partial charge in [-0.25, -0.2) is 4.98 Å². The van der Waals surface area contributed by atoms with E-state index in [0.29, 0.717) is 12.4 Å². The van der Waals surface area contributed by atoms with Gasteiger partial charge in [0.05, 0.1) is 41.5 Å². The van der Waals surface area contributed by atoms with Crippen LogP contribution in [0.1, 0.15) is 80.5 Å². The summed E-state index contributed by atoms with van der Waals surface area (Å²) in [4.78, 5) is 25.2. The lowest BCUT2D eigenvalue weighted by molar-refractivity contribution is -0.546. The summed E-state index contributed by atoms with van der Waals surface area (Å²) in [6.45, 7) is 13.8. The van der Waals surface area contributed by atoms with Crippen molar-refractivity contribution in [2.24, 2.45) is 16.3 Å². The van der Waals surface area contributed by atoms with Crippen LogP contribution in [0.15, 0.2) is 59.5 Å². The first-order valence-electron chi connectivity index (χ1n) is 20.2. The van der Waals surface area contributed by atoms with Crippen LogP contribution in [-0.2, 0) is 0 Å². The minimum Gasteiger partial charge on any atom is -0.493 e. The Hall–Kier alpha value is -10.3. The number of likely N-dealkylation sites (N-methyl/N-ethyl adjacent to an activating group) is 1. The Morgan fingerprint density at radius 3 is 1.75 bits per heavy atom. The molecule has 14 nitrogen and oxygen atoms in total. The van der Waals surface area contributed by atoms with E-state index in [1.54, 1.807) is 26.4 Å². The zero-order chi connectivity index (χ0) is 49.7. The van der Waals surface area contributed by atoms with Gasteiger partial charge >= 0.3 is 0 Å². The molecule has 0 spiro atoms. The van der Waals surface area contributed by atoms with Crippen molar-refractivity contribution in [3.63, 3.8) is 0 Å². The Balaban J connectivity index is -0.0000000609. The predicted octanol–water partition coefficient (Wildman–Crippen LogP) is 9.15. The van der Waals surface area contributed by atoms with Crippen molar-refractivity contribution in [2.75, 3.05) is 38.7 Å². The van der Waals surface area contributed by atoms with Gasteiger partial charge in [0.2, 0.25) is 0 Å². The molecule has 0 aliphatic heterocycles. The third-order valence-corrected chi connectivity index (χ3v) is 7.61. The maximum Gasteiger partial charge on any atom is 0.193 e. The van der Waals surface area contributed by atoms with Crippen LogP contribution in [0.25, 0.3) is 11.3 Å². The highest BCUT2D eigenvalue weighted by atomic mass is 16.7. The second-order valence-electron chi connectivity index (χ2n) is 12.2. The molecule has 366 valence electrons. The third kappa shape index (κ3) is 27.6. The molecule has 0 aliphatic rings. The van der Waals surface area contributed by atoms with E-state index in [9.17, 15) is 10.1 Å². The molecule has 2 aromatic heterocycles. The Kier molecular flexibility index (Phi) is 31.4. The molecule has 0 fully saturated rings. The number of anilines is 1. The number of nitro groups is 1. The molecule has 3 rings (SSSR count). The lowest BCUT2D eigenvalue weighted by Gasteiger charge is -2.20. The average Bonchev–Trinajstić information content (AvgIpc) is 3.35. The van der Waals surface area contributed by atoms with Crippen LogP contribution in [0.4, 0.5) is 5.82 Å². The van der Waals surface area contributed by atoms with Crippen LogP contribution in [0.2, 0.25) is 0 Å². The van der Waals surface area contributed by atoms with E-state index in [1.807, 2.05) is 30.6 Å². The zero-order valence-electron chi connectivity index (χ0n) is 38.4. The summed E-state index contributed by atoms with van der Waals surface area (Å²) < 4.78 is 11.6. The van der Waals surface area contributed by atoms with E-state index < -0.39 is 5.03 Å². The van der Waals surface area contributed by atoms with Crippen molar-refractivity contribution in [3.05, 3.63) is 70.3 Å². The zero-order valence-corrected chi connectivity index (χ0v) is 38.4. The summed E-state index contributed by atoms with van der Waals surface area (Å²) in [5.74, 6) is 68.4. The van der Waals surface area contributed by atoms with Gasteiger partial charge in [-0.3, -0.25) is 15.8 Å². The van der Waals surface area contributed by atoms with E-state index in [1.165, 1.54) is 5.53 Å². The molecule has 0 bridgehead atoms. The number of benzene rings is 1. The van der Waals surface area contributed by atoms with Gasteiger partial charge in [0.15, 0.2) is 16.7 Å². The molecule has 0 saturated carbocycles. The number of nitrogens with zero attached hydrogens (tertiary/aromatic N) is 7.